The molecule has 0 aliphatic carbocycles. The van der Waals surface area contributed by atoms with Crippen molar-refractivity contribution < 1.29 is 19.1 Å². The van der Waals surface area contributed by atoms with Crippen molar-refractivity contribution in [1.29, 1.82) is 0 Å². The van der Waals surface area contributed by atoms with Crippen LogP contribution in [0.2, 0.25) is 5.02 Å². The predicted molar refractivity (Wildman–Crippen MR) is 139 cm³/mol. The highest BCUT2D eigenvalue weighted by Crippen LogP contribution is 2.30. The average molecular weight is 496 g/mol. The Morgan fingerprint density at radius 3 is 2.31 bits per heavy atom. The summed E-state index contributed by atoms with van der Waals surface area (Å²) in [5, 5.41) is 1.34. The highest BCUT2D eigenvalue weighted by molar-refractivity contribution is 6.31. The van der Waals surface area contributed by atoms with Crippen molar-refractivity contribution in [3.8, 4) is 5.75 Å². The molecule has 0 saturated heterocycles. The van der Waals surface area contributed by atoms with Gasteiger partial charge in [-0.05, 0) is 24.3 Å². The second-order valence-corrected chi connectivity index (χ2v) is 8.59. The number of halogens is 1. The number of carbonyl (C=O) groups excluding carboxylic acids is 2. The van der Waals surface area contributed by atoms with Gasteiger partial charge < -0.3 is 14.5 Å². The Labute approximate surface area is 213 Å². The molecule has 6 heteroatoms. The molecule has 178 valence electrons. The van der Waals surface area contributed by atoms with Crippen molar-refractivity contribution in [2.75, 3.05) is 0 Å². The Morgan fingerprint density at radius 2 is 1.47 bits per heavy atom. The lowest BCUT2D eigenvalue weighted by molar-refractivity contribution is 0.0276. The van der Waals surface area contributed by atoms with Crippen LogP contribution >= 0.6 is 11.6 Å². The number of nitrogens with one attached hydrogen (secondary N) is 1. The topological polar surface area (TPSA) is 68.4 Å². The first kappa shape index (κ1) is 23.4. The van der Waals surface area contributed by atoms with E-state index in [2.05, 4.69) is 4.98 Å². The molecule has 1 N–H and O–H groups in total. The molecule has 0 bridgehead atoms. The van der Waals surface area contributed by atoms with Crippen LogP contribution in [0.15, 0.2) is 109 Å². The molecular weight excluding hydrogens is 474 g/mol. The molecule has 36 heavy (non-hydrogen) atoms. The number of ketones is 1. The van der Waals surface area contributed by atoms with E-state index in [9.17, 15) is 9.59 Å². The fourth-order valence-electron chi connectivity index (χ4n) is 4.02. The third-order valence-corrected chi connectivity index (χ3v) is 6.24. The summed E-state index contributed by atoms with van der Waals surface area (Å²) >= 11 is 6.24. The lowest BCUT2D eigenvalue weighted by Gasteiger charge is -2.18. The smallest absolute Gasteiger partial charge is 0.342 e. The molecule has 4 aromatic carbocycles. The number of rotatable bonds is 8. The van der Waals surface area contributed by atoms with Gasteiger partial charge in [0.25, 0.3) is 0 Å². The number of benzene rings is 4. The van der Waals surface area contributed by atoms with Gasteiger partial charge in [0.05, 0.1) is 0 Å². The lowest BCUT2D eigenvalue weighted by Crippen LogP contribution is -2.20. The molecule has 0 aliphatic rings. The number of esters is 1. The standard InChI is InChI=1S/C30H22ClNO4/c31-25-15-7-4-12-21(25)19-35-27-17-9-6-14-23(27)30(34)36-29(20-10-2-1-3-11-20)28(33)24-18-32-26-16-8-5-13-22(24)26/h1-18,29,32H,19H2. The van der Waals surface area contributed by atoms with Gasteiger partial charge in [-0.3, -0.25) is 4.79 Å². The zero-order valence-corrected chi connectivity index (χ0v) is 19.9. The summed E-state index contributed by atoms with van der Waals surface area (Å²) in [5.41, 5.74) is 2.87. The van der Waals surface area contributed by atoms with E-state index in [-0.39, 0.29) is 18.0 Å². The summed E-state index contributed by atoms with van der Waals surface area (Å²) in [6, 6.07) is 30.6. The van der Waals surface area contributed by atoms with E-state index in [1.54, 1.807) is 60.8 Å². The number of ether oxygens (including phenoxy) is 2. The Hall–Kier alpha value is -4.35. The predicted octanol–water partition coefficient (Wildman–Crippen LogP) is 7.18. The Balaban J connectivity index is 1.44. The maximum Gasteiger partial charge on any atom is 0.342 e. The molecule has 0 spiro atoms. The third-order valence-electron chi connectivity index (χ3n) is 5.87. The van der Waals surface area contributed by atoms with Gasteiger partial charge in [0.15, 0.2) is 6.10 Å². The second-order valence-electron chi connectivity index (χ2n) is 8.18. The highest BCUT2D eigenvalue weighted by Gasteiger charge is 2.29. The summed E-state index contributed by atoms with van der Waals surface area (Å²) in [6.07, 6.45) is 0.520. The fraction of sp³-hybridized carbons (Fsp3) is 0.0667. The number of hydrogen-bond donors (Lipinski definition) is 1. The minimum atomic E-state index is -1.13. The molecule has 0 aliphatic heterocycles. The van der Waals surface area contributed by atoms with Crippen LogP contribution in [0, 0.1) is 0 Å². The van der Waals surface area contributed by atoms with Crippen molar-refractivity contribution in [2.24, 2.45) is 0 Å². The molecule has 1 unspecified atom stereocenters. The van der Waals surface area contributed by atoms with Gasteiger partial charge in [0.1, 0.15) is 17.9 Å². The first-order valence-corrected chi connectivity index (χ1v) is 11.8. The summed E-state index contributed by atoms with van der Waals surface area (Å²) in [4.78, 5) is 30.2. The molecule has 1 heterocycles. The lowest BCUT2D eigenvalue weighted by atomic mass is 9.99. The van der Waals surface area contributed by atoms with Crippen LogP contribution in [0.3, 0.4) is 0 Å². The minimum Gasteiger partial charge on any atom is -0.488 e. The maximum atomic E-state index is 13.7. The second kappa shape index (κ2) is 10.5. The van der Waals surface area contributed by atoms with E-state index >= 15 is 0 Å². The van der Waals surface area contributed by atoms with Crippen LogP contribution in [0.1, 0.15) is 37.9 Å². The number of aromatic amines is 1. The minimum absolute atomic E-state index is 0.181. The van der Waals surface area contributed by atoms with Crippen molar-refractivity contribution >= 4 is 34.3 Å². The van der Waals surface area contributed by atoms with Crippen molar-refractivity contribution in [2.45, 2.75) is 12.7 Å². The first-order chi connectivity index (χ1) is 17.6. The molecule has 1 aromatic heterocycles. The Bertz CT molecular complexity index is 1530. The van der Waals surface area contributed by atoms with Crippen LogP contribution < -0.4 is 4.74 Å². The Kier molecular flexibility index (Phi) is 6.83. The molecular formula is C30H22ClNO4. The van der Waals surface area contributed by atoms with Crippen LogP contribution in [0.25, 0.3) is 10.9 Å². The van der Waals surface area contributed by atoms with Gasteiger partial charge in [-0.2, -0.15) is 0 Å². The number of para-hydroxylation sites is 2. The third kappa shape index (κ3) is 4.88. The zero-order chi connectivity index (χ0) is 24.9. The molecule has 0 amide bonds. The SMILES string of the molecule is O=C(OC(C(=O)c1c[nH]c2ccccc12)c1ccccc1)c1ccccc1OCc1ccccc1Cl. The normalized spacial score (nSPS) is 11.7. The molecule has 5 nitrogen and oxygen atoms in total. The number of carbonyl (C=O) groups is 2. The van der Waals surface area contributed by atoms with Gasteiger partial charge in [0, 0.05) is 38.8 Å². The van der Waals surface area contributed by atoms with Gasteiger partial charge in [-0.15, -0.1) is 0 Å². The molecule has 1 atom stereocenters. The van der Waals surface area contributed by atoms with Crippen molar-refractivity contribution in [1.82, 2.24) is 4.98 Å². The van der Waals surface area contributed by atoms with Crippen LogP contribution in [-0.4, -0.2) is 16.7 Å². The van der Waals surface area contributed by atoms with Gasteiger partial charge in [-0.25, -0.2) is 4.79 Å². The molecule has 5 aromatic rings. The summed E-state index contributed by atoms with van der Waals surface area (Å²) in [6.45, 7) is 0.181. The van der Waals surface area contributed by atoms with E-state index in [0.717, 1.165) is 16.5 Å². The molecule has 5 rings (SSSR count). The first-order valence-electron chi connectivity index (χ1n) is 11.4. The van der Waals surface area contributed by atoms with Crippen molar-refractivity contribution in [3.63, 3.8) is 0 Å². The summed E-state index contributed by atoms with van der Waals surface area (Å²) < 4.78 is 11.8. The zero-order valence-electron chi connectivity index (χ0n) is 19.2. The molecule has 0 radical (unpaired) electrons. The number of Topliss-reactive ketones (excluding diaryl/α,β-unsaturated/α-hetero) is 1. The fourth-order valence-corrected chi connectivity index (χ4v) is 4.21. The number of hydrogen-bond acceptors (Lipinski definition) is 4. The number of fused-ring (bicyclic) bond motifs is 1. The number of H-pyrrole nitrogens is 1. The Morgan fingerprint density at radius 1 is 0.778 bits per heavy atom. The van der Waals surface area contributed by atoms with E-state index in [0.29, 0.717) is 21.9 Å². The van der Waals surface area contributed by atoms with Gasteiger partial charge in [-0.1, -0.05) is 90.5 Å². The summed E-state index contributed by atoms with van der Waals surface area (Å²) in [5.74, 6) is -0.637. The van der Waals surface area contributed by atoms with E-state index in [1.807, 2.05) is 48.5 Å². The number of aromatic nitrogens is 1. The largest absolute Gasteiger partial charge is 0.488 e. The highest BCUT2D eigenvalue weighted by atomic mass is 35.5. The monoisotopic (exact) mass is 495 g/mol. The average Bonchev–Trinajstić information content (AvgIpc) is 3.36. The van der Waals surface area contributed by atoms with E-state index < -0.39 is 12.1 Å². The summed E-state index contributed by atoms with van der Waals surface area (Å²) in [7, 11) is 0. The van der Waals surface area contributed by atoms with Crippen molar-refractivity contribution in [3.05, 3.63) is 137 Å². The quantitative estimate of drug-likeness (QED) is 0.183. The van der Waals surface area contributed by atoms with E-state index in [4.69, 9.17) is 21.1 Å². The molecule has 0 fully saturated rings. The van der Waals surface area contributed by atoms with Crippen LogP contribution in [0.4, 0.5) is 0 Å². The maximum absolute atomic E-state index is 13.7. The van der Waals surface area contributed by atoms with Crippen LogP contribution in [0.5, 0.6) is 5.75 Å². The van der Waals surface area contributed by atoms with Gasteiger partial charge in [0.2, 0.25) is 5.78 Å². The van der Waals surface area contributed by atoms with Gasteiger partial charge >= 0.3 is 5.97 Å². The van der Waals surface area contributed by atoms with Crippen LogP contribution in [-0.2, 0) is 11.3 Å². The van der Waals surface area contributed by atoms with E-state index in [1.165, 1.54) is 0 Å². The molecule has 0 saturated carbocycles.